The standard InChI is InChI=1S/C26H29N3O5/c27-14-20(26(33)28-15-24-25(32)23(31)13-22(30)16-34-24)11-17-4-5-19-12-21(7-6-18(19)10-17)29-8-2-1-3-9-29/h4-7,10-13,23-25,30-32H,1-3,8-9,15-16H2,(H,28,33)/b20-11+/t23-,24-,25+/m1/s1. The third-order valence-electron chi connectivity index (χ3n) is 6.25. The molecule has 2 aromatic carbocycles. The number of nitriles is 1. The maximum absolute atomic E-state index is 12.6. The molecule has 1 saturated heterocycles. The number of nitrogens with zero attached hydrogens (tertiary/aromatic N) is 2. The maximum atomic E-state index is 12.6. The Hall–Kier alpha value is -3.38. The van der Waals surface area contributed by atoms with Crippen molar-refractivity contribution in [2.75, 3.05) is 31.1 Å². The molecule has 0 aliphatic carbocycles. The molecule has 2 aliphatic rings. The van der Waals surface area contributed by atoms with Gasteiger partial charge in [-0.1, -0.05) is 18.2 Å². The predicted octanol–water partition coefficient (Wildman–Crippen LogP) is 2.42. The van der Waals surface area contributed by atoms with Gasteiger partial charge in [-0.05, 0) is 65.9 Å². The summed E-state index contributed by atoms with van der Waals surface area (Å²) >= 11 is 0. The SMILES string of the molecule is N#C/C(=C\c1ccc2cc(N3CCCCC3)ccc2c1)C(=O)NC[C@H]1OCC(O)=C[C@@H](O)[C@@H]1O. The number of fused-ring (bicyclic) bond motifs is 1. The van der Waals surface area contributed by atoms with E-state index < -0.39 is 24.2 Å². The van der Waals surface area contributed by atoms with Gasteiger partial charge in [0.25, 0.3) is 5.91 Å². The molecule has 3 atom stereocenters. The number of aliphatic hydroxyl groups excluding tert-OH is 3. The highest BCUT2D eigenvalue weighted by Gasteiger charge is 2.30. The zero-order valence-corrected chi connectivity index (χ0v) is 18.9. The number of amides is 1. The van der Waals surface area contributed by atoms with Crippen molar-refractivity contribution in [1.29, 1.82) is 5.26 Å². The largest absolute Gasteiger partial charge is 0.510 e. The molecule has 0 spiro atoms. The Morgan fingerprint density at radius 1 is 1.15 bits per heavy atom. The number of benzene rings is 2. The lowest BCUT2D eigenvalue weighted by Crippen LogP contribution is -2.45. The highest BCUT2D eigenvalue weighted by molar-refractivity contribution is 6.02. The molecule has 4 N–H and O–H groups in total. The van der Waals surface area contributed by atoms with Gasteiger partial charge in [-0.3, -0.25) is 4.79 Å². The quantitative estimate of drug-likeness (QED) is 0.396. The first kappa shape index (κ1) is 23.8. The number of piperidine rings is 1. The molecular weight excluding hydrogens is 434 g/mol. The van der Waals surface area contributed by atoms with Crippen LogP contribution in [0.5, 0.6) is 0 Å². The van der Waals surface area contributed by atoms with E-state index in [9.17, 15) is 25.4 Å². The fourth-order valence-electron chi connectivity index (χ4n) is 4.33. The van der Waals surface area contributed by atoms with Gasteiger partial charge in [0, 0.05) is 25.3 Å². The van der Waals surface area contributed by atoms with Crippen molar-refractivity contribution in [2.24, 2.45) is 0 Å². The van der Waals surface area contributed by atoms with Crippen LogP contribution in [0.25, 0.3) is 16.8 Å². The van der Waals surface area contributed by atoms with Gasteiger partial charge in [-0.2, -0.15) is 5.26 Å². The van der Waals surface area contributed by atoms with Crippen molar-refractivity contribution in [3.63, 3.8) is 0 Å². The van der Waals surface area contributed by atoms with Crippen LogP contribution < -0.4 is 10.2 Å². The summed E-state index contributed by atoms with van der Waals surface area (Å²) in [6.45, 7) is 1.83. The van der Waals surface area contributed by atoms with Crippen LogP contribution in [0.4, 0.5) is 5.69 Å². The number of hydrogen-bond donors (Lipinski definition) is 4. The van der Waals surface area contributed by atoms with E-state index in [1.807, 2.05) is 24.3 Å². The second-order valence-corrected chi connectivity index (χ2v) is 8.71. The predicted molar refractivity (Wildman–Crippen MR) is 129 cm³/mol. The molecule has 2 aliphatic heterocycles. The summed E-state index contributed by atoms with van der Waals surface area (Å²) in [5, 5.41) is 43.7. The van der Waals surface area contributed by atoms with E-state index in [0.717, 1.165) is 35.5 Å². The van der Waals surface area contributed by atoms with E-state index in [0.29, 0.717) is 0 Å². The number of ether oxygens (including phenoxy) is 1. The highest BCUT2D eigenvalue weighted by atomic mass is 16.5. The van der Waals surface area contributed by atoms with Crippen molar-refractivity contribution >= 4 is 28.4 Å². The lowest BCUT2D eigenvalue weighted by Gasteiger charge is -2.29. The van der Waals surface area contributed by atoms with Crippen LogP contribution in [-0.2, 0) is 9.53 Å². The van der Waals surface area contributed by atoms with Crippen molar-refractivity contribution in [3.8, 4) is 6.07 Å². The number of rotatable bonds is 5. The minimum atomic E-state index is -1.32. The Balaban J connectivity index is 1.44. The molecule has 8 heteroatoms. The van der Waals surface area contributed by atoms with E-state index in [1.165, 1.54) is 31.0 Å². The van der Waals surface area contributed by atoms with Gasteiger partial charge in [-0.15, -0.1) is 0 Å². The summed E-state index contributed by atoms with van der Waals surface area (Å²) in [6, 6.07) is 14.0. The van der Waals surface area contributed by atoms with Crippen LogP contribution in [0.3, 0.4) is 0 Å². The second kappa shape index (κ2) is 10.7. The monoisotopic (exact) mass is 463 g/mol. The third-order valence-corrected chi connectivity index (χ3v) is 6.25. The average molecular weight is 464 g/mol. The first-order valence-corrected chi connectivity index (χ1v) is 11.5. The lowest BCUT2D eigenvalue weighted by atomic mass is 10.0. The Labute approximate surface area is 198 Å². The normalized spacial score (nSPS) is 23.7. The number of carbonyl (C=O) groups is 1. The zero-order valence-electron chi connectivity index (χ0n) is 18.9. The summed E-state index contributed by atoms with van der Waals surface area (Å²) in [5.41, 5.74) is 1.85. The Kier molecular flexibility index (Phi) is 7.48. The summed E-state index contributed by atoms with van der Waals surface area (Å²) in [4.78, 5) is 15.0. The molecule has 0 saturated carbocycles. The van der Waals surface area contributed by atoms with Gasteiger partial charge in [0.2, 0.25) is 0 Å². The van der Waals surface area contributed by atoms with Gasteiger partial charge in [0.15, 0.2) is 0 Å². The molecule has 178 valence electrons. The molecule has 0 unspecified atom stereocenters. The van der Waals surface area contributed by atoms with Gasteiger partial charge in [0.1, 0.15) is 42.3 Å². The molecule has 0 aromatic heterocycles. The Morgan fingerprint density at radius 2 is 1.88 bits per heavy atom. The second-order valence-electron chi connectivity index (χ2n) is 8.71. The Bertz CT molecular complexity index is 1150. The molecule has 1 amide bonds. The fraction of sp³-hybridized carbons (Fsp3) is 0.385. The molecule has 1 fully saturated rings. The molecular formula is C26H29N3O5. The van der Waals surface area contributed by atoms with Crippen LogP contribution >= 0.6 is 0 Å². The summed E-state index contributed by atoms with van der Waals surface area (Å²) < 4.78 is 5.33. The zero-order chi connectivity index (χ0) is 24.1. The molecule has 4 rings (SSSR count). The number of aliphatic hydroxyl groups is 3. The van der Waals surface area contributed by atoms with Crippen LogP contribution in [0, 0.1) is 11.3 Å². The molecule has 0 bridgehead atoms. The van der Waals surface area contributed by atoms with E-state index in [-0.39, 0.29) is 24.5 Å². The van der Waals surface area contributed by atoms with E-state index in [2.05, 4.69) is 28.4 Å². The van der Waals surface area contributed by atoms with E-state index >= 15 is 0 Å². The van der Waals surface area contributed by atoms with Gasteiger partial charge < -0.3 is 30.3 Å². The maximum Gasteiger partial charge on any atom is 0.262 e. The minimum absolute atomic E-state index is 0.0890. The number of nitrogens with one attached hydrogen (secondary N) is 1. The highest BCUT2D eigenvalue weighted by Crippen LogP contribution is 2.26. The topological polar surface area (TPSA) is 126 Å². The van der Waals surface area contributed by atoms with E-state index in [1.54, 1.807) is 0 Å². The fourth-order valence-corrected chi connectivity index (χ4v) is 4.33. The number of hydrogen-bond acceptors (Lipinski definition) is 7. The van der Waals surface area contributed by atoms with E-state index in [4.69, 9.17) is 4.74 Å². The summed E-state index contributed by atoms with van der Waals surface area (Å²) in [6.07, 6.45) is 2.75. The van der Waals surface area contributed by atoms with Crippen LogP contribution in [0.15, 0.2) is 53.8 Å². The molecule has 8 nitrogen and oxygen atoms in total. The smallest absolute Gasteiger partial charge is 0.262 e. The summed E-state index contributed by atoms with van der Waals surface area (Å²) in [5.74, 6) is -0.813. The van der Waals surface area contributed by atoms with Crippen LogP contribution in [0.1, 0.15) is 24.8 Å². The summed E-state index contributed by atoms with van der Waals surface area (Å²) in [7, 11) is 0. The third kappa shape index (κ3) is 5.57. The molecule has 2 heterocycles. The Morgan fingerprint density at radius 3 is 2.65 bits per heavy atom. The van der Waals surface area contributed by atoms with Crippen molar-refractivity contribution in [2.45, 2.75) is 37.6 Å². The molecule has 2 aromatic rings. The van der Waals surface area contributed by atoms with Gasteiger partial charge in [-0.25, -0.2) is 0 Å². The van der Waals surface area contributed by atoms with Gasteiger partial charge in [0.05, 0.1) is 0 Å². The van der Waals surface area contributed by atoms with Crippen LogP contribution in [0.2, 0.25) is 0 Å². The molecule has 34 heavy (non-hydrogen) atoms. The molecule has 0 radical (unpaired) electrons. The average Bonchev–Trinajstić information content (AvgIpc) is 2.98. The van der Waals surface area contributed by atoms with Crippen molar-refractivity contribution < 1.29 is 24.9 Å². The number of anilines is 1. The lowest BCUT2D eigenvalue weighted by molar-refractivity contribution is -0.119. The first-order valence-electron chi connectivity index (χ1n) is 11.5. The van der Waals surface area contributed by atoms with Crippen molar-refractivity contribution in [1.82, 2.24) is 5.32 Å². The van der Waals surface area contributed by atoms with Crippen molar-refractivity contribution in [3.05, 3.63) is 59.4 Å². The van der Waals surface area contributed by atoms with Gasteiger partial charge >= 0.3 is 0 Å². The minimum Gasteiger partial charge on any atom is -0.510 e. The first-order chi connectivity index (χ1) is 16.4. The number of carbonyl (C=O) groups excluding carboxylic acids is 1. The van der Waals surface area contributed by atoms with Crippen LogP contribution in [-0.4, -0.2) is 65.8 Å².